The van der Waals surface area contributed by atoms with Crippen LogP contribution in [-0.2, 0) is 19.6 Å². The van der Waals surface area contributed by atoms with Gasteiger partial charge in [0.2, 0.25) is 10.0 Å². The van der Waals surface area contributed by atoms with Gasteiger partial charge in [-0.3, -0.25) is 10.1 Å². The van der Waals surface area contributed by atoms with Crippen molar-refractivity contribution in [1.29, 1.82) is 0 Å². The highest BCUT2D eigenvalue weighted by Gasteiger charge is 2.18. The quantitative estimate of drug-likeness (QED) is 0.688. The minimum Gasteiger partial charge on any atom is -0.452 e. The minimum atomic E-state index is -3.59. The summed E-state index contributed by atoms with van der Waals surface area (Å²) in [5.41, 5.74) is 0.0820. The summed E-state index contributed by atoms with van der Waals surface area (Å²) in [5.74, 6) is -1.59. The molecule has 0 unspecified atom stereocenters. The Balaban J connectivity index is 2.64. The van der Waals surface area contributed by atoms with Crippen LogP contribution >= 0.6 is 0 Å². The van der Waals surface area contributed by atoms with Crippen molar-refractivity contribution in [1.82, 2.24) is 14.9 Å². The van der Waals surface area contributed by atoms with Crippen LogP contribution in [0.15, 0.2) is 29.2 Å². The lowest BCUT2D eigenvalue weighted by atomic mass is 10.2. The van der Waals surface area contributed by atoms with E-state index in [9.17, 15) is 22.8 Å². The van der Waals surface area contributed by atoms with Gasteiger partial charge in [-0.15, -0.1) is 0 Å². The molecular formula is C14H19N3O6S. The number of hydrogen-bond donors (Lipinski definition) is 2. The van der Waals surface area contributed by atoms with Crippen LogP contribution in [0.4, 0.5) is 4.79 Å². The molecule has 0 aliphatic heterocycles. The second-order valence-electron chi connectivity index (χ2n) is 4.80. The molecule has 1 aromatic rings. The first-order valence-corrected chi connectivity index (χ1v) is 8.40. The molecule has 0 saturated carbocycles. The molecule has 10 heteroatoms. The van der Waals surface area contributed by atoms with E-state index in [2.05, 4.69) is 5.32 Å². The van der Waals surface area contributed by atoms with Gasteiger partial charge in [-0.05, 0) is 31.2 Å². The normalized spacial score (nSPS) is 11.0. The zero-order valence-corrected chi connectivity index (χ0v) is 14.3. The number of nitrogens with one attached hydrogen (secondary N) is 2. The van der Waals surface area contributed by atoms with E-state index in [0.29, 0.717) is 6.54 Å². The van der Waals surface area contributed by atoms with Gasteiger partial charge in [0.1, 0.15) is 0 Å². The van der Waals surface area contributed by atoms with E-state index >= 15 is 0 Å². The van der Waals surface area contributed by atoms with Crippen molar-refractivity contribution in [2.24, 2.45) is 0 Å². The van der Waals surface area contributed by atoms with Gasteiger partial charge in [0.25, 0.3) is 5.91 Å². The number of sulfonamides is 1. The van der Waals surface area contributed by atoms with Crippen molar-refractivity contribution in [3.05, 3.63) is 29.8 Å². The van der Waals surface area contributed by atoms with Crippen molar-refractivity contribution in [3.63, 3.8) is 0 Å². The third kappa shape index (κ3) is 5.32. The zero-order valence-electron chi connectivity index (χ0n) is 13.5. The van der Waals surface area contributed by atoms with Gasteiger partial charge < -0.3 is 10.1 Å². The van der Waals surface area contributed by atoms with Crippen LogP contribution in [0.5, 0.6) is 0 Å². The number of carbonyl (C=O) groups excluding carboxylic acids is 3. The highest BCUT2D eigenvalue weighted by Crippen LogP contribution is 2.14. The standard InChI is InChI=1S/C14H19N3O6S/c1-4-15-14(20)16-12(18)9-23-13(19)10-5-7-11(8-6-10)24(21,22)17(2)3/h5-8H,4,9H2,1-3H3,(H2,15,16,18,20). The molecule has 24 heavy (non-hydrogen) atoms. The molecule has 0 spiro atoms. The number of nitrogens with zero attached hydrogens (tertiary/aromatic N) is 1. The summed E-state index contributed by atoms with van der Waals surface area (Å²) in [4.78, 5) is 34.3. The maximum absolute atomic E-state index is 11.9. The largest absolute Gasteiger partial charge is 0.452 e. The molecule has 0 fully saturated rings. The molecule has 9 nitrogen and oxygen atoms in total. The average molecular weight is 357 g/mol. The summed E-state index contributed by atoms with van der Waals surface area (Å²) in [6, 6.07) is 4.40. The van der Waals surface area contributed by atoms with Crippen molar-refractivity contribution in [2.75, 3.05) is 27.2 Å². The van der Waals surface area contributed by atoms with E-state index in [1.807, 2.05) is 5.32 Å². The number of hydrogen-bond acceptors (Lipinski definition) is 6. The summed E-state index contributed by atoms with van der Waals surface area (Å²) in [6.07, 6.45) is 0. The fourth-order valence-electron chi connectivity index (χ4n) is 1.56. The minimum absolute atomic E-state index is 0.0260. The van der Waals surface area contributed by atoms with Gasteiger partial charge in [-0.1, -0.05) is 0 Å². The molecule has 0 atom stereocenters. The second kappa shape index (κ2) is 8.41. The molecule has 0 bridgehead atoms. The number of imide groups is 1. The van der Waals surface area contributed by atoms with Crippen LogP contribution in [0.2, 0.25) is 0 Å². The van der Waals surface area contributed by atoms with Crippen LogP contribution in [0, 0.1) is 0 Å². The van der Waals surface area contributed by atoms with Crippen molar-refractivity contribution in [2.45, 2.75) is 11.8 Å². The van der Waals surface area contributed by atoms with Crippen LogP contribution in [0.25, 0.3) is 0 Å². The zero-order chi connectivity index (χ0) is 18.3. The van der Waals surface area contributed by atoms with Gasteiger partial charge >= 0.3 is 12.0 Å². The predicted octanol–water partition coefficient (Wildman–Crippen LogP) is -0.0606. The fourth-order valence-corrected chi connectivity index (χ4v) is 2.46. The molecule has 132 valence electrons. The van der Waals surface area contributed by atoms with Crippen LogP contribution in [0.3, 0.4) is 0 Å². The Morgan fingerprint density at radius 3 is 2.21 bits per heavy atom. The van der Waals surface area contributed by atoms with E-state index in [1.54, 1.807) is 6.92 Å². The molecule has 0 radical (unpaired) electrons. The Morgan fingerprint density at radius 1 is 1.12 bits per heavy atom. The fraction of sp³-hybridized carbons (Fsp3) is 0.357. The Labute approximate surface area is 140 Å². The third-order valence-corrected chi connectivity index (χ3v) is 4.62. The van der Waals surface area contributed by atoms with Crippen LogP contribution < -0.4 is 10.6 Å². The first-order valence-electron chi connectivity index (χ1n) is 6.96. The Kier molecular flexibility index (Phi) is 6.86. The maximum Gasteiger partial charge on any atom is 0.338 e. The molecule has 0 aliphatic rings. The summed E-state index contributed by atoms with van der Waals surface area (Å²) in [7, 11) is -0.804. The number of carbonyl (C=O) groups is 3. The smallest absolute Gasteiger partial charge is 0.338 e. The Morgan fingerprint density at radius 2 is 1.71 bits per heavy atom. The van der Waals surface area contributed by atoms with E-state index in [0.717, 1.165) is 4.31 Å². The van der Waals surface area contributed by atoms with E-state index in [-0.39, 0.29) is 10.5 Å². The molecule has 0 heterocycles. The molecular weight excluding hydrogens is 338 g/mol. The molecule has 0 aromatic heterocycles. The number of rotatable bonds is 6. The molecule has 1 rings (SSSR count). The number of benzene rings is 1. The van der Waals surface area contributed by atoms with Crippen molar-refractivity contribution >= 4 is 27.9 Å². The van der Waals surface area contributed by atoms with Gasteiger partial charge in [0.15, 0.2) is 6.61 Å². The summed E-state index contributed by atoms with van der Waals surface area (Å²) in [6.45, 7) is 1.40. The molecule has 1 aromatic carbocycles. The van der Waals surface area contributed by atoms with Gasteiger partial charge in [0.05, 0.1) is 10.5 Å². The number of ether oxygens (including phenoxy) is 1. The molecule has 2 N–H and O–H groups in total. The van der Waals surface area contributed by atoms with Crippen molar-refractivity contribution in [3.8, 4) is 0 Å². The highest BCUT2D eigenvalue weighted by molar-refractivity contribution is 7.89. The second-order valence-corrected chi connectivity index (χ2v) is 6.95. The number of amides is 3. The van der Waals surface area contributed by atoms with E-state index in [4.69, 9.17) is 4.74 Å². The van der Waals surface area contributed by atoms with Gasteiger partial charge in [-0.25, -0.2) is 22.3 Å². The van der Waals surface area contributed by atoms with Crippen LogP contribution in [-0.4, -0.2) is 57.9 Å². The molecule has 0 saturated heterocycles. The monoisotopic (exact) mass is 357 g/mol. The molecule has 3 amide bonds. The lowest BCUT2D eigenvalue weighted by Gasteiger charge is -2.11. The average Bonchev–Trinajstić information content (AvgIpc) is 2.52. The van der Waals surface area contributed by atoms with Crippen LogP contribution in [0.1, 0.15) is 17.3 Å². The van der Waals surface area contributed by atoms with E-state index in [1.165, 1.54) is 38.4 Å². The Bertz CT molecular complexity index is 713. The first-order chi connectivity index (χ1) is 11.2. The van der Waals surface area contributed by atoms with Gasteiger partial charge in [-0.2, -0.15) is 0 Å². The van der Waals surface area contributed by atoms with Crippen molar-refractivity contribution < 1.29 is 27.5 Å². The topological polar surface area (TPSA) is 122 Å². The summed E-state index contributed by atoms with van der Waals surface area (Å²) < 4.78 is 29.6. The van der Waals surface area contributed by atoms with E-state index < -0.39 is 34.5 Å². The molecule has 0 aliphatic carbocycles. The summed E-state index contributed by atoms with van der Waals surface area (Å²) >= 11 is 0. The summed E-state index contributed by atoms with van der Waals surface area (Å²) in [5, 5.41) is 4.33. The van der Waals surface area contributed by atoms with Gasteiger partial charge in [0, 0.05) is 20.6 Å². The number of urea groups is 1. The highest BCUT2D eigenvalue weighted by atomic mass is 32.2. The predicted molar refractivity (Wildman–Crippen MR) is 84.8 cm³/mol. The lowest BCUT2D eigenvalue weighted by Crippen LogP contribution is -2.41. The maximum atomic E-state index is 11.9. The first kappa shape index (κ1) is 19.6. The number of esters is 1. The Hall–Kier alpha value is -2.46. The third-order valence-electron chi connectivity index (χ3n) is 2.79. The lowest BCUT2D eigenvalue weighted by molar-refractivity contribution is -0.123. The SMILES string of the molecule is CCNC(=O)NC(=O)COC(=O)c1ccc(S(=O)(=O)N(C)C)cc1.